The summed E-state index contributed by atoms with van der Waals surface area (Å²) in [6, 6.07) is 2.04. The lowest BCUT2D eigenvalue weighted by Crippen LogP contribution is -2.23. The number of ether oxygens (including phenoxy) is 1. The van der Waals surface area contributed by atoms with Crippen molar-refractivity contribution in [1.82, 2.24) is 20.3 Å². The van der Waals surface area contributed by atoms with Crippen LogP contribution in [-0.4, -0.2) is 28.6 Å². The topological polar surface area (TPSA) is 59.9 Å². The van der Waals surface area contributed by atoms with E-state index in [1.807, 2.05) is 13.0 Å². The third-order valence-corrected chi connectivity index (χ3v) is 3.56. The van der Waals surface area contributed by atoms with E-state index < -0.39 is 0 Å². The van der Waals surface area contributed by atoms with Gasteiger partial charge in [-0.2, -0.15) is 0 Å². The molecule has 0 saturated heterocycles. The molecule has 0 aliphatic carbocycles. The summed E-state index contributed by atoms with van der Waals surface area (Å²) in [6.45, 7) is 5.00. The Kier molecular flexibility index (Phi) is 4.81. The van der Waals surface area contributed by atoms with Gasteiger partial charge in [-0.05, 0) is 13.5 Å². The number of rotatable bonds is 6. The van der Waals surface area contributed by atoms with Crippen molar-refractivity contribution in [3.63, 3.8) is 0 Å². The highest BCUT2D eigenvalue weighted by Gasteiger charge is 2.15. The normalized spacial score (nSPS) is 12.4. The molecule has 0 saturated carbocycles. The molecule has 1 unspecified atom stereocenters. The van der Waals surface area contributed by atoms with Crippen LogP contribution in [0.3, 0.4) is 0 Å². The monoisotopic (exact) mass is 278 g/mol. The van der Waals surface area contributed by atoms with Crippen molar-refractivity contribution in [1.29, 1.82) is 0 Å². The van der Waals surface area contributed by atoms with Gasteiger partial charge in [0.15, 0.2) is 0 Å². The number of methoxy groups -OCH3 is 1. The van der Waals surface area contributed by atoms with Gasteiger partial charge in [0.2, 0.25) is 5.88 Å². The molecule has 0 amide bonds. The average molecular weight is 278 g/mol. The number of likely N-dealkylation sites (N-methyl/N-ethyl adjacent to an activating group) is 1. The molecule has 5 nitrogen and oxygen atoms in total. The van der Waals surface area contributed by atoms with Gasteiger partial charge in [-0.1, -0.05) is 6.92 Å². The van der Waals surface area contributed by atoms with E-state index in [-0.39, 0.29) is 6.04 Å². The summed E-state index contributed by atoms with van der Waals surface area (Å²) in [6.07, 6.45) is 2.30. The zero-order valence-electron chi connectivity index (χ0n) is 11.4. The zero-order valence-corrected chi connectivity index (χ0v) is 12.2. The Hall–Kier alpha value is -1.53. The molecule has 2 heterocycles. The number of aromatic nitrogens is 3. The Morgan fingerprint density at radius 2 is 2.26 bits per heavy atom. The Balaban J connectivity index is 2.16. The largest absolute Gasteiger partial charge is 0.481 e. The lowest BCUT2D eigenvalue weighted by atomic mass is 10.1. The van der Waals surface area contributed by atoms with Gasteiger partial charge >= 0.3 is 0 Å². The van der Waals surface area contributed by atoms with Gasteiger partial charge in [0.25, 0.3) is 0 Å². The Morgan fingerprint density at radius 1 is 1.42 bits per heavy atom. The fourth-order valence-electron chi connectivity index (χ4n) is 1.88. The van der Waals surface area contributed by atoms with Crippen LogP contribution in [0, 0.1) is 6.92 Å². The SMILES string of the molecule is CCNC(Cc1cc(OC)ncn1)c1csc(C)n1. The molecule has 0 aromatic carbocycles. The van der Waals surface area contributed by atoms with Crippen LogP contribution in [-0.2, 0) is 6.42 Å². The van der Waals surface area contributed by atoms with Crippen LogP contribution in [0.1, 0.15) is 29.4 Å². The first-order valence-corrected chi connectivity index (χ1v) is 7.11. The molecule has 2 rings (SSSR count). The van der Waals surface area contributed by atoms with Crippen molar-refractivity contribution >= 4 is 11.3 Å². The predicted molar refractivity (Wildman–Crippen MR) is 75.6 cm³/mol. The molecule has 1 N–H and O–H groups in total. The summed E-state index contributed by atoms with van der Waals surface area (Å²) in [5.74, 6) is 0.592. The van der Waals surface area contributed by atoms with Gasteiger partial charge in [-0.3, -0.25) is 0 Å². The van der Waals surface area contributed by atoms with Crippen molar-refractivity contribution in [2.75, 3.05) is 13.7 Å². The molecule has 0 spiro atoms. The van der Waals surface area contributed by atoms with Crippen molar-refractivity contribution in [3.05, 3.63) is 34.2 Å². The summed E-state index contributed by atoms with van der Waals surface area (Å²) in [4.78, 5) is 12.9. The van der Waals surface area contributed by atoms with E-state index in [0.717, 1.165) is 29.4 Å². The second-order valence-electron chi connectivity index (χ2n) is 4.16. The van der Waals surface area contributed by atoms with Gasteiger partial charge < -0.3 is 10.1 Å². The molecule has 0 aliphatic rings. The van der Waals surface area contributed by atoms with Crippen LogP contribution >= 0.6 is 11.3 Å². The summed E-state index contributed by atoms with van der Waals surface area (Å²) in [5.41, 5.74) is 2.02. The summed E-state index contributed by atoms with van der Waals surface area (Å²) < 4.78 is 5.12. The van der Waals surface area contributed by atoms with Crippen molar-refractivity contribution < 1.29 is 4.74 Å². The second-order valence-corrected chi connectivity index (χ2v) is 5.22. The standard InChI is InChI=1S/C13H18N4OS/c1-4-14-11(12-7-19-9(2)17-12)5-10-6-13(18-3)16-8-15-10/h6-8,11,14H,4-5H2,1-3H3. The predicted octanol–water partition coefficient (Wildman–Crippen LogP) is 2.14. The van der Waals surface area contributed by atoms with Crippen LogP contribution in [0.25, 0.3) is 0 Å². The van der Waals surface area contributed by atoms with E-state index in [2.05, 4.69) is 32.6 Å². The van der Waals surface area contributed by atoms with E-state index in [1.165, 1.54) is 6.33 Å². The minimum absolute atomic E-state index is 0.176. The van der Waals surface area contributed by atoms with Crippen molar-refractivity contribution in [2.45, 2.75) is 26.3 Å². The maximum Gasteiger partial charge on any atom is 0.216 e. The quantitative estimate of drug-likeness (QED) is 0.877. The highest BCUT2D eigenvalue weighted by atomic mass is 32.1. The van der Waals surface area contributed by atoms with Gasteiger partial charge in [0, 0.05) is 23.6 Å². The minimum Gasteiger partial charge on any atom is -0.481 e. The smallest absolute Gasteiger partial charge is 0.216 e. The van der Waals surface area contributed by atoms with Gasteiger partial charge in [-0.25, -0.2) is 15.0 Å². The lowest BCUT2D eigenvalue weighted by Gasteiger charge is -2.15. The average Bonchev–Trinajstić information content (AvgIpc) is 2.85. The fourth-order valence-corrected chi connectivity index (χ4v) is 2.54. The third kappa shape index (κ3) is 3.71. The highest BCUT2D eigenvalue weighted by Crippen LogP contribution is 2.20. The molecule has 2 aromatic rings. The maximum atomic E-state index is 5.12. The highest BCUT2D eigenvalue weighted by molar-refractivity contribution is 7.09. The first kappa shape index (κ1) is 13.9. The second kappa shape index (κ2) is 6.58. The molecule has 6 heteroatoms. The summed E-state index contributed by atoms with van der Waals surface area (Å²) in [5, 5.41) is 6.62. The molecule has 1 atom stereocenters. The van der Waals surface area contributed by atoms with Crippen LogP contribution in [0.2, 0.25) is 0 Å². The number of hydrogen-bond acceptors (Lipinski definition) is 6. The number of hydrogen-bond donors (Lipinski definition) is 1. The van der Waals surface area contributed by atoms with Crippen molar-refractivity contribution in [3.8, 4) is 5.88 Å². The van der Waals surface area contributed by atoms with E-state index in [4.69, 9.17) is 4.74 Å². The van der Waals surface area contributed by atoms with Gasteiger partial charge in [-0.15, -0.1) is 11.3 Å². The van der Waals surface area contributed by atoms with E-state index in [0.29, 0.717) is 5.88 Å². The lowest BCUT2D eigenvalue weighted by molar-refractivity contribution is 0.395. The van der Waals surface area contributed by atoms with Gasteiger partial charge in [0.1, 0.15) is 6.33 Å². The molecule has 0 radical (unpaired) electrons. The molecule has 102 valence electrons. The summed E-state index contributed by atoms with van der Waals surface area (Å²) >= 11 is 1.67. The van der Waals surface area contributed by atoms with Crippen LogP contribution < -0.4 is 10.1 Å². The number of aryl methyl sites for hydroxylation is 1. The number of nitrogens with one attached hydrogen (secondary N) is 1. The molecule has 0 aliphatic heterocycles. The summed E-state index contributed by atoms with van der Waals surface area (Å²) in [7, 11) is 1.61. The molecule has 0 bridgehead atoms. The Morgan fingerprint density at radius 3 is 2.89 bits per heavy atom. The van der Waals surface area contributed by atoms with E-state index in [9.17, 15) is 0 Å². The zero-order chi connectivity index (χ0) is 13.7. The Labute approximate surface area is 117 Å². The fraction of sp³-hybridized carbons (Fsp3) is 0.462. The van der Waals surface area contributed by atoms with Crippen LogP contribution in [0.4, 0.5) is 0 Å². The van der Waals surface area contributed by atoms with E-state index in [1.54, 1.807) is 18.4 Å². The van der Waals surface area contributed by atoms with E-state index >= 15 is 0 Å². The number of nitrogens with zero attached hydrogens (tertiary/aromatic N) is 3. The molecule has 2 aromatic heterocycles. The Bertz CT molecular complexity index is 529. The van der Waals surface area contributed by atoms with Gasteiger partial charge in [0.05, 0.1) is 23.9 Å². The molecular formula is C13H18N4OS. The first-order valence-electron chi connectivity index (χ1n) is 6.23. The number of thiazole rings is 1. The maximum absolute atomic E-state index is 5.12. The molecule has 19 heavy (non-hydrogen) atoms. The minimum atomic E-state index is 0.176. The third-order valence-electron chi connectivity index (χ3n) is 2.77. The van der Waals surface area contributed by atoms with Crippen molar-refractivity contribution in [2.24, 2.45) is 0 Å². The molecule has 0 fully saturated rings. The van der Waals surface area contributed by atoms with Crippen LogP contribution in [0.15, 0.2) is 17.8 Å². The first-order chi connectivity index (χ1) is 9.22. The van der Waals surface area contributed by atoms with Crippen LogP contribution in [0.5, 0.6) is 5.88 Å². The molecular weight excluding hydrogens is 260 g/mol.